The van der Waals surface area contributed by atoms with E-state index in [2.05, 4.69) is 9.47 Å². The normalized spacial score (nSPS) is 30.5. The van der Waals surface area contributed by atoms with Crippen molar-refractivity contribution in [3.8, 4) is 0 Å². The van der Waals surface area contributed by atoms with Gasteiger partial charge in [-0.25, -0.2) is 0 Å². The molecule has 0 bridgehead atoms. The average molecular weight is 448 g/mol. The van der Waals surface area contributed by atoms with E-state index in [1.54, 1.807) is 0 Å². The quantitative estimate of drug-likeness (QED) is 0.367. The fourth-order valence-electron chi connectivity index (χ4n) is 4.19. The van der Waals surface area contributed by atoms with Crippen molar-refractivity contribution in [2.24, 2.45) is 29.1 Å². The van der Waals surface area contributed by atoms with E-state index in [4.69, 9.17) is 0 Å². The number of cyclic esters (lactones) is 4. The van der Waals surface area contributed by atoms with Crippen LogP contribution in [0.15, 0.2) is 47.6 Å². The van der Waals surface area contributed by atoms with Gasteiger partial charge in [0, 0.05) is 0 Å². The lowest BCUT2D eigenvalue weighted by molar-refractivity contribution is -0.309. The number of esters is 4. The molecule has 0 amide bonds. The molecule has 2 fully saturated rings. The van der Waals surface area contributed by atoms with Crippen molar-refractivity contribution in [2.75, 3.05) is 0 Å². The number of allylic oxidation sites excluding steroid dienone is 4. The van der Waals surface area contributed by atoms with Crippen molar-refractivity contribution in [3.63, 3.8) is 0 Å². The Morgan fingerprint density at radius 2 is 0.903 bits per heavy atom. The molecule has 2 heterocycles. The lowest BCUT2D eigenvalue weighted by Crippen LogP contribution is -2.53. The second-order valence-corrected chi connectivity index (χ2v) is 7.29. The Hall–Kier alpha value is -3.18. The maximum Gasteiger partial charge on any atom is 0.411 e. The maximum atomic E-state index is 14.2. The van der Waals surface area contributed by atoms with Crippen molar-refractivity contribution in [1.29, 1.82) is 0 Å². The standard InChI is InChI=1S/C19H10F6O6/c20-18(21,22)17(19(23,24)25,7-1-3-9-11(5-7)15(28)30-13(9)26)8-2-4-10-12(6-8)16(29)31-14(10)27/h1-6,9-12H. The highest BCUT2D eigenvalue weighted by Crippen LogP contribution is 2.62. The molecule has 31 heavy (non-hydrogen) atoms. The summed E-state index contributed by atoms with van der Waals surface area (Å²) in [5, 5.41) is 0. The van der Waals surface area contributed by atoms with Gasteiger partial charge in [0.25, 0.3) is 0 Å². The SMILES string of the molecule is O=C1OC(=O)C2C=C(C(C3=CC4C(=O)OC(=O)C4C=C3)(C(F)(F)F)C(F)(F)F)C=CC12. The van der Waals surface area contributed by atoms with Gasteiger partial charge in [-0.05, 0) is 11.1 Å². The van der Waals surface area contributed by atoms with Crippen LogP contribution in [-0.2, 0) is 28.7 Å². The van der Waals surface area contributed by atoms with Crippen molar-refractivity contribution in [2.45, 2.75) is 12.4 Å². The predicted molar refractivity (Wildman–Crippen MR) is 85.1 cm³/mol. The van der Waals surface area contributed by atoms with Gasteiger partial charge in [-0.3, -0.25) is 19.2 Å². The molecule has 4 unspecified atom stereocenters. The molecule has 0 aromatic heterocycles. The zero-order valence-electron chi connectivity index (χ0n) is 15.0. The molecule has 164 valence electrons. The molecular weight excluding hydrogens is 438 g/mol. The van der Waals surface area contributed by atoms with Crippen LogP contribution in [0, 0.1) is 29.1 Å². The second-order valence-electron chi connectivity index (χ2n) is 7.29. The molecule has 2 saturated heterocycles. The minimum atomic E-state index is -5.98. The first-order valence-corrected chi connectivity index (χ1v) is 8.74. The number of fused-ring (bicyclic) bond motifs is 2. The van der Waals surface area contributed by atoms with Crippen molar-refractivity contribution in [1.82, 2.24) is 0 Å². The van der Waals surface area contributed by atoms with E-state index in [0.29, 0.717) is 24.3 Å². The first-order chi connectivity index (χ1) is 14.3. The highest BCUT2D eigenvalue weighted by Gasteiger charge is 2.74. The number of carbonyl (C=O) groups is 4. The van der Waals surface area contributed by atoms with Crippen LogP contribution < -0.4 is 0 Å². The summed E-state index contributed by atoms with van der Waals surface area (Å²) < 4.78 is 94.0. The van der Waals surface area contributed by atoms with Crippen molar-refractivity contribution < 1.29 is 55.0 Å². The summed E-state index contributed by atoms with van der Waals surface area (Å²) >= 11 is 0. The Morgan fingerprint density at radius 1 is 0.581 bits per heavy atom. The fraction of sp³-hybridized carbons (Fsp3) is 0.368. The molecule has 4 rings (SSSR count). The third-order valence-corrected chi connectivity index (χ3v) is 5.67. The summed E-state index contributed by atoms with van der Waals surface area (Å²) in [4.78, 5) is 46.7. The van der Waals surface area contributed by atoms with E-state index in [9.17, 15) is 45.5 Å². The molecule has 2 aliphatic carbocycles. The zero-order valence-corrected chi connectivity index (χ0v) is 15.0. The molecule has 0 radical (unpaired) electrons. The average Bonchev–Trinajstić information content (AvgIpc) is 3.09. The van der Waals surface area contributed by atoms with Crippen molar-refractivity contribution >= 4 is 23.9 Å². The van der Waals surface area contributed by atoms with Gasteiger partial charge in [0.1, 0.15) is 0 Å². The van der Waals surface area contributed by atoms with Gasteiger partial charge in [-0.15, -0.1) is 0 Å². The monoisotopic (exact) mass is 448 g/mol. The van der Waals surface area contributed by atoms with Crippen LogP contribution in [0.2, 0.25) is 0 Å². The summed E-state index contributed by atoms with van der Waals surface area (Å²) in [7, 11) is 0. The van der Waals surface area contributed by atoms with Crippen LogP contribution in [0.25, 0.3) is 0 Å². The first-order valence-electron chi connectivity index (χ1n) is 8.74. The molecule has 12 heteroatoms. The number of halogens is 6. The number of alkyl halides is 6. The van der Waals surface area contributed by atoms with Crippen LogP contribution in [0.5, 0.6) is 0 Å². The number of hydrogen-bond donors (Lipinski definition) is 0. The highest BCUT2D eigenvalue weighted by molar-refractivity contribution is 6.00. The van der Waals surface area contributed by atoms with Gasteiger partial charge >= 0.3 is 36.2 Å². The largest absolute Gasteiger partial charge is 0.411 e. The molecular formula is C19H10F6O6. The first kappa shape index (κ1) is 21.1. The minimum absolute atomic E-state index is 0.414. The molecule has 0 N–H and O–H groups in total. The smallest absolute Gasteiger partial charge is 0.392 e. The van der Waals surface area contributed by atoms with E-state index in [1.807, 2.05) is 0 Å². The summed E-state index contributed by atoms with van der Waals surface area (Å²) in [5.74, 6) is -10.7. The third-order valence-electron chi connectivity index (χ3n) is 5.67. The maximum absolute atomic E-state index is 14.2. The van der Waals surface area contributed by atoms with Crippen LogP contribution in [0.1, 0.15) is 0 Å². The second kappa shape index (κ2) is 6.41. The topological polar surface area (TPSA) is 86.7 Å². The van der Waals surface area contributed by atoms with Gasteiger partial charge in [0.2, 0.25) is 5.41 Å². The third kappa shape index (κ3) is 2.80. The summed E-state index contributed by atoms with van der Waals surface area (Å²) in [6, 6.07) is 0. The molecule has 6 nitrogen and oxygen atoms in total. The summed E-state index contributed by atoms with van der Waals surface area (Å²) in [6.07, 6.45) is -8.67. The van der Waals surface area contributed by atoms with Crippen LogP contribution >= 0.6 is 0 Å². The molecule has 0 aromatic rings. The molecule has 0 aromatic carbocycles. The Morgan fingerprint density at radius 3 is 1.23 bits per heavy atom. The van der Waals surface area contributed by atoms with E-state index in [-0.39, 0.29) is 0 Å². The van der Waals surface area contributed by atoms with Gasteiger partial charge in [-0.1, -0.05) is 36.5 Å². The van der Waals surface area contributed by atoms with E-state index in [0.717, 1.165) is 12.2 Å². The van der Waals surface area contributed by atoms with Crippen LogP contribution in [0.3, 0.4) is 0 Å². The van der Waals surface area contributed by atoms with Crippen LogP contribution in [-0.4, -0.2) is 36.2 Å². The molecule has 2 aliphatic heterocycles. The predicted octanol–water partition coefficient (Wildman–Crippen LogP) is 2.72. The molecule has 4 aliphatic rings. The van der Waals surface area contributed by atoms with Gasteiger partial charge in [0.15, 0.2) is 0 Å². The summed E-state index contributed by atoms with van der Waals surface area (Å²) in [6.45, 7) is 0. The number of carbonyl (C=O) groups excluding carboxylic acids is 4. The highest BCUT2D eigenvalue weighted by atomic mass is 19.4. The molecule has 4 atom stereocenters. The van der Waals surface area contributed by atoms with Gasteiger partial charge < -0.3 is 9.47 Å². The van der Waals surface area contributed by atoms with Gasteiger partial charge in [0.05, 0.1) is 23.7 Å². The lowest BCUT2D eigenvalue weighted by Gasteiger charge is -2.41. The molecule has 0 saturated carbocycles. The zero-order chi connectivity index (χ0) is 22.9. The van der Waals surface area contributed by atoms with E-state index < -0.39 is 76.5 Å². The fourth-order valence-corrected chi connectivity index (χ4v) is 4.19. The Bertz CT molecular complexity index is 945. The minimum Gasteiger partial charge on any atom is -0.392 e. The van der Waals surface area contributed by atoms with Crippen molar-refractivity contribution in [3.05, 3.63) is 47.6 Å². The van der Waals surface area contributed by atoms with E-state index >= 15 is 0 Å². The Labute approximate surface area is 168 Å². The lowest BCUT2D eigenvalue weighted by atomic mass is 9.66. The molecule has 0 spiro atoms. The Kier molecular flexibility index (Phi) is 4.36. The van der Waals surface area contributed by atoms with E-state index in [1.165, 1.54) is 0 Å². The van der Waals surface area contributed by atoms with Crippen LogP contribution in [0.4, 0.5) is 26.3 Å². The number of rotatable bonds is 2. The Balaban J connectivity index is 1.93. The number of hydrogen-bond acceptors (Lipinski definition) is 6. The van der Waals surface area contributed by atoms with Gasteiger partial charge in [-0.2, -0.15) is 26.3 Å². The summed E-state index contributed by atoms with van der Waals surface area (Å²) in [5.41, 5.74) is -7.35. The number of ether oxygens (including phenoxy) is 2.